The third kappa shape index (κ3) is 9.22. The minimum absolute atomic E-state index is 0. The number of benzene rings is 2. The number of nitrogens with zero attached hydrogens (tertiary/aromatic N) is 3. The van der Waals surface area contributed by atoms with Gasteiger partial charge in [-0.3, -0.25) is 0 Å². The molecule has 0 saturated carbocycles. The van der Waals surface area contributed by atoms with E-state index in [1.807, 2.05) is 38.2 Å². The van der Waals surface area contributed by atoms with Crippen molar-refractivity contribution < 1.29 is 43.7 Å². The van der Waals surface area contributed by atoms with Crippen LogP contribution in [0.25, 0.3) is 44.6 Å². The van der Waals surface area contributed by atoms with Gasteiger partial charge < -0.3 is 14.4 Å². The van der Waals surface area contributed by atoms with Crippen molar-refractivity contribution in [1.82, 2.24) is 15.0 Å². The van der Waals surface area contributed by atoms with E-state index in [0.29, 0.717) is 21.9 Å². The fourth-order valence-corrected chi connectivity index (χ4v) is 6.65. The maximum absolute atomic E-state index is 8.67. The molecule has 49 heavy (non-hydrogen) atoms. The summed E-state index contributed by atoms with van der Waals surface area (Å²) in [5.41, 5.74) is 0.956. The van der Waals surface area contributed by atoms with Crippen molar-refractivity contribution in [3.05, 3.63) is 108 Å². The van der Waals surface area contributed by atoms with E-state index in [1.54, 1.807) is 12.1 Å². The van der Waals surface area contributed by atoms with Gasteiger partial charge >= 0.3 is 0 Å². The van der Waals surface area contributed by atoms with Gasteiger partial charge in [-0.05, 0) is 70.3 Å². The van der Waals surface area contributed by atoms with E-state index >= 15 is 0 Å². The first-order valence-electron chi connectivity index (χ1n) is 22.9. The molecule has 0 saturated heterocycles. The van der Waals surface area contributed by atoms with Crippen LogP contribution in [-0.4, -0.2) is 23.0 Å². The molecule has 6 aromatic rings. The van der Waals surface area contributed by atoms with Crippen LogP contribution in [0.15, 0.2) is 77.5 Å². The van der Waals surface area contributed by atoms with Crippen molar-refractivity contribution in [2.24, 2.45) is 5.92 Å². The maximum atomic E-state index is 8.67. The van der Waals surface area contributed by atoms with Crippen molar-refractivity contribution >= 4 is 35.3 Å². The van der Waals surface area contributed by atoms with Gasteiger partial charge in [0.15, 0.2) is 0 Å². The third-order valence-corrected chi connectivity index (χ3v) is 9.86. The van der Waals surface area contributed by atoms with E-state index in [4.69, 9.17) is 23.6 Å². The number of fused-ring (bicyclic) bond motifs is 3. The average molecular weight is 860 g/mol. The summed E-state index contributed by atoms with van der Waals surface area (Å²) in [6.45, 7) is 4.56. The first kappa shape index (κ1) is 23.1. The van der Waals surface area contributed by atoms with Gasteiger partial charge in [0.1, 0.15) is 0 Å². The number of aryl methyl sites for hydroxylation is 1. The number of hydrogen-bond acceptors (Lipinski definition) is 4. The largest absolute Gasteiger partial charge is 0.486 e. The maximum Gasteiger partial charge on any atom is 0.216 e. The van der Waals surface area contributed by atoms with E-state index in [9.17, 15) is 0 Å². The second-order valence-corrected chi connectivity index (χ2v) is 19.4. The van der Waals surface area contributed by atoms with E-state index in [1.165, 1.54) is 17.7 Å². The molecule has 4 heterocycles. The van der Waals surface area contributed by atoms with Crippen LogP contribution in [0.3, 0.4) is 0 Å². The molecule has 0 unspecified atom stereocenters. The molecule has 0 amide bonds. The first-order valence-corrected chi connectivity index (χ1v) is 19.4. The summed E-state index contributed by atoms with van der Waals surface area (Å²) >= 11 is 0. The van der Waals surface area contributed by atoms with E-state index in [0.717, 1.165) is 40.3 Å². The van der Waals surface area contributed by atoms with Crippen LogP contribution in [0, 0.1) is 24.9 Å². The normalized spacial score (nSPS) is 17.7. The van der Waals surface area contributed by atoms with Crippen LogP contribution in [0.4, 0.5) is 0 Å². The first-order chi connectivity index (χ1) is 28.1. The molecule has 0 aliphatic rings. The number of aromatic nitrogens is 3. The van der Waals surface area contributed by atoms with Gasteiger partial charge in [-0.2, -0.15) is 0 Å². The second kappa shape index (κ2) is 14.8. The van der Waals surface area contributed by atoms with Crippen molar-refractivity contribution in [3.63, 3.8) is 0 Å². The van der Waals surface area contributed by atoms with Gasteiger partial charge in [-0.25, -0.2) is 4.98 Å². The zero-order chi connectivity index (χ0) is 46.8. The molecular weight excluding hydrogens is 795 g/mol. The molecule has 0 fully saturated rings. The topological polar surface area (TPSA) is 51.8 Å². The standard InChI is InChI=1S/C22H32NSi.C21H19N2O.Ir/c1-16(2)13-18-14-20(23-15-21(18)24(6,7)8)17-9-11-19(12-10-17)22(3,4)5;1-13-5-7-16-17-11-14(6-8-19(17)24-20(16)23-13)18-12-15(9-10-22-18)21(2,3)4;/h9,11-12,14-16H,13H2,1-8H3;5,7-12H,1-4H3;/q2*-1;/i13D2;1D3,2D3,3D3,4D3;. The average Bonchev–Trinajstić information content (AvgIpc) is 3.50. The molecular formula is C43H51IrN3OSi-2. The van der Waals surface area contributed by atoms with Crippen LogP contribution in [0.2, 0.25) is 19.6 Å². The van der Waals surface area contributed by atoms with Gasteiger partial charge in [0.2, 0.25) is 5.71 Å². The molecule has 0 bridgehead atoms. The van der Waals surface area contributed by atoms with Gasteiger partial charge in [0.25, 0.3) is 0 Å². The Labute approximate surface area is 328 Å². The van der Waals surface area contributed by atoms with Crippen LogP contribution in [-0.2, 0) is 37.3 Å². The zero-order valence-corrected chi connectivity index (χ0v) is 32.5. The molecule has 6 rings (SSSR count). The summed E-state index contributed by atoms with van der Waals surface area (Å²) in [6.07, 6.45) is 1.68. The van der Waals surface area contributed by atoms with Crippen molar-refractivity contribution in [2.45, 2.75) is 98.9 Å². The van der Waals surface area contributed by atoms with Gasteiger partial charge in [-0.1, -0.05) is 97.9 Å². The molecule has 2 aromatic carbocycles. The Morgan fingerprint density at radius 1 is 0.837 bits per heavy atom. The summed E-state index contributed by atoms with van der Waals surface area (Å²) in [7, 11) is -1.70. The summed E-state index contributed by atoms with van der Waals surface area (Å²) in [5.74, 6) is -0.0971. The summed E-state index contributed by atoms with van der Waals surface area (Å²) in [4.78, 5) is 12.9. The quantitative estimate of drug-likeness (QED) is 0.128. The van der Waals surface area contributed by atoms with Gasteiger partial charge in [0, 0.05) is 62.8 Å². The fourth-order valence-electron chi connectivity index (χ4n) is 5.24. The Hall–Kier alpha value is -3.44. The van der Waals surface area contributed by atoms with Crippen LogP contribution >= 0.6 is 0 Å². The van der Waals surface area contributed by atoms with E-state index in [2.05, 4.69) is 73.6 Å². The molecule has 0 atom stereocenters. The smallest absolute Gasteiger partial charge is 0.216 e. The molecule has 259 valence electrons. The molecule has 0 N–H and O–H groups in total. The Bertz CT molecular complexity index is 2530. The summed E-state index contributed by atoms with van der Waals surface area (Å²) in [5, 5.41) is 2.14. The zero-order valence-electron chi connectivity index (χ0n) is 43.1. The SMILES string of the molecule is [2H]C([2H])([2H])c1ccc2c(n1)oc1c[c-]c(-c3cc(C(C([2H])([2H])[2H])(C([2H])([2H])[2H])C([2H])([2H])[2H])ccn3)cc12.[2H]C([2H])(c1cc(-c2[c-]cc(C(C)(C)C)cc2)ncc1[Si](C)(C)C)C(C)C.[Ir]. The summed E-state index contributed by atoms with van der Waals surface area (Å²) < 4.78 is 117. The number of furan rings is 1. The Morgan fingerprint density at radius 3 is 2.20 bits per heavy atom. The molecule has 4 aromatic heterocycles. The molecule has 0 spiro atoms. The van der Waals surface area contributed by atoms with Crippen molar-refractivity contribution in [2.75, 3.05) is 0 Å². The Balaban J connectivity index is 0.000000287. The summed E-state index contributed by atoms with van der Waals surface area (Å²) in [6, 6.07) is 22.6. The predicted octanol–water partition coefficient (Wildman–Crippen LogP) is 11.0. The van der Waals surface area contributed by atoms with Crippen LogP contribution in [0.1, 0.15) is 96.7 Å². The number of hydrogen-bond donors (Lipinski definition) is 0. The Morgan fingerprint density at radius 2 is 1.57 bits per heavy atom. The van der Waals surface area contributed by atoms with Crippen LogP contribution < -0.4 is 5.19 Å². The monoisotopic (exact) mass is 860 g/mol. The third-order valence-electron chi connectivity index (χ3n) is 7.85. The van der Waals surface area contributed by atoms with Crippen molar-refractivity contribution in [1.29, 1.82) is 0 Å². The van der Waals surface area contributed by atoms with E-state index in [-0.39, 0.29) is 48.5 Å². The Kier molecular flexibility index (Phi) is 6.98. The minimum atomic E-state index is -3.40. The van der Waals surface area contributed by atoms with E-state index < -0.39 is 52.8 Å². The second-order valence-electron chi connectivity index (χ2n) is 14.4. The van der Waals surface area contributed by atoms with Gasteiger partial charge in [0.05, 0.1) is 13.7 Å². The fraction of sp³-hybridized carbons (Fsp3) is 0.372. The molecule has 0 aliphatic heterocycles. The number of rotatable bonds is 5. The molecule has 1 radical (unpaired) electrons. The van der Waals surface area contributed by atoms with Crippen LogP contribution in [0.5, 0.6) is 0 Å². The van der Waals surface area contributed by atoms with Gasteiger partial charge in [-0.15, -0.1) is 59.2 Å². The molecule has 0 aliphatic carbocycles. The molecule has 4 nitrogen and oxygen atoms in total. The minimum Gasteiger partial charge on any atom is -0.486 e. The predicted molar refractivity (Wildman–Crippen MR) is 206 cm³/mol. The number of pyridine rings is 3. The molecule has 6 heteroatoms. The van der Waals surface area contributed by atoms with Crippen molar-refractivity contribution in [3.8, 4) is 22.5 Å².